The number of fused-ring (bicyclic) bond motifs is 1. The van der Waals surface area contributed by atoms with Gasteiger partial charge in [0, 0.05) is 68.7 Å². The first-order valence-corrected chi connectivity index (χ1v) is 12.4. The van der Waals surface area contributed by atoms with Crippen LogP contribution in [-0.4, -0.2) is 68.5 Å². The summed E-state index contributed by atoms with van der Waals surface area (Å²) in [5, 5.41) is 7.59. The Hall–Kier alpha value is -4.01. The summed E-state index contributed by atoms with van der Waals surface area (Å²) < 4.78 is 1.94. The first kappa shape index (κ1) is 23.7. The molecule has 1 N–H and O–H groups in total. The largest absolute Gasteiger partial charge is 0.354 e. The Balaban J connectivity index is 1.43. The van der Waals surface area contributed by atoms with Gasteiger partial charge in [0.25, 0.3) is 11.8 Å². The number of pyridine rings is 1. The summed E-state index contributed by atoms with van der Waals surface area (Å²) in [6, 6.07) is 13.8. The molecule has 0 aliphatic carbocycles. The van der Waals surface area contributed by atoms with Gasteiger partial charge < -0.3 is 15.1 Å². The third kappa shape index (κ3) is 5.00. The lowest BCUT2D eigenvalue weighted by atomic mass is 10.0. The van der Waals surface area contributed by atoms with Crippen molar-refractivity contribution in [2.75, 3.05) is 26.2 Å². The van der Waals surface area contributed by atoms with Crippen molar-refractivity contribution in [3.8, 4) is 0 Å². The molecule has 0 bridgehead atoms. The molecule has 0 spiro atoms. The maximum atomic E-state index is 13.6. The van der Waals surface area contributed by atoms with Crippen LogP contribution in [0, 0.1) is 6.92 Å². The quantitative estimate of drug-likeness (QED) is 0.595. The van der Waals surface area contributed by atoms with E-state index in [1.807, 2.05) is 35.9 Å². The molecule has 2 aliphatic rings. The Bertz CT molecular complexity index is 1270. The van der Waals surface area contributed by atoms with E-state index >= 15 is 0 Å². The van der Waals surface area contributed by atoms with Gasteiger partial charge in [-0.25, -0.2) is 0 Å². The number of benzene rings is 1. The van der Waals surface area contributed by atoms with Gasteiger partial charge in [-0.15, -0.1) is 0 Å². The molecular formula is C27H30N6O3. The third-order valence-corrected chi connectivity index (χ3v) is 6.84. The number of rotatable bonds is 5. The first-order valence-electron chi connectivity index (χ1n) is 12.4. The number of nitrogens with one attached hydrogen (secondary N) is 1. The van der Waals surface area contributed by atoms with Crippen LogP contribution in [0.4, 0.5) is 0 Å². The van der Waals surface area contributed by atoms with Crippen molar-refractivity contribution >= 4 is 17.7 Å². The summed E-state index contributed by atoms with van der Waals surface area (Å²) in [6.45, 7) is 4.62. The van der Waals surface area contributed by atoms with Crippen molar-refractivity contribution in [3.05, 3.63) is 82.4 Å². The lowest BCUT2D eigenvalue weighted by Crippen LogP contribution is -2.38. The van der Waals surface area contributed by atoms with Gasteiger partial charge in [-0.05, 0) is 31.0 Å². The summed E-state index contributed by atoms with van der Waals surface area (Å²) in [4.78, 5) is 46.3. The van der Waals surface area contributed by atoms with Crippen LogP contribution >= 0.6 is 0 Å². The average molecular weight is 487 g/mol. The molecule has 186 valence electrons. The molecule has 5 rings (SSSR count). The Morgan fingerprint density at radius 2 is 1.78 bits per heavy atom. The van der Waals surface area contributed by atoms with E-state index in [1.165, 1.54) is 5.56 Å². The lowest BCUT2D eigenvalue weighted by molar-refractivity contribution is -0.120. The minimum absolute atomic E-state index is 0.0517. The van der Waals surface area contributed by atoms with Crippen molar-refractivity contribution in [1.29, 1.82) is 0 Å². The zero-order valence-electron chi connectivity index (χ0n) is 20.4. The third-order valence-electron chi connectivity index (χ3n) is 6.84. The highest BCUT2D eigenvalue weighted by Crippen LogP contribution is 2.26. The Labute approximate surface area is 210 Å². The molecular weight excluding hydrogens is 456 g/mol. The van der Waals surface area contributed by atoms with E-state index in [2.05, 4.69) is 22.4 Å². The van der Waals surface area contributed by atoms with Crippen molar-refractivity contribution in [2.24, 2.45) is 0 Å². The smallest absolute Gasteiger partial charge is 0.274 e. The van der Waals surface area contributed by atoms with E-state index in [4.69, 9.17) is 5.10 Å². The Kier molecular flexibility index (Phi) is 6.79. The maximum Gasteiger partial charge on any atom is 0.274 e. The molecule has 4 heterocycles. The number of carbonyl (C=O) groups excluding carboxylic acids is 3. The highest BCUT2D eigenvalue weighted by Gasteiger charge is 2.32. The van der Waals surface area contributed by atoms with E-state index in [-0.39, 0.29) is 24.1 Å². The average Bonchev–Trinajstić information content (AvgIpc) is 3.12. The van der Waals surface area contributed by atoms with Crippen LogP contribution in [0.5, 0.6) is 0 Å². The summed E-state index contributed by atoms with van der Waals surface area (Å²) in [5.41, 5.74) is 4.77. The molecule has 0 atom stereocenters. The topological polar surface area (TPSA) is 100 Å². The number of amides is 3. The van der Waals surface area contributed by atoms with E-state index in [9.17, 15) is 14.4 Å². The fourth-order valence-corrected chi connectivity index (χ4v) is 4.80. The fraction of sp³-hybridized carbons (Fsp3) is 0.370. The summed E-state index contributed by atoms with van der Waals surface area (Å²) in [7, 11) is 0. The second-order valence-corrected chi connectivity index (χ2v) is 9.29. The number of aromatic nitrogens is 3. The second kappa shape index (κ2) is 10.3. The van der Waals surface area contributed by atoms with Crippen LogP contribution in [-0.2, 0) is 30.7 Å². The van der Waals surface area contributed by atoms with Gasteiger partial charge in [0.1, 0.15) is 0 Å². The first-order chi connectivity index (χ1) is 17.5. The van der Waals surface area contributed by atoms with Gasteiger partial charge in [0.05, 0.1) is 12.1 Å². The zero-order chi connectivity index (χ0) is 25.1. The van der Waals surface area contributed by atoms with Gasteiger partial charge in [-0.1, -0.05) is 30.3 Å². The van der Waals surface area contributed by atoms with Crippen molar-refractivity contribution in [3.63, 3.8) is 0 Å². The predicted molar refractivity (Wildman–Crippen MR) is 133 cm³/mol. The predicted octanol–water partition coefficient (Wildman–Crippen LogP) is 1.99. The summed E-state index contributed by atoms with van der Waals surface area (Å²) in [6.07, 6.45) is 3.29. The molecule has 0 unspecified atom stereocenters. The normalized spacial score (nSPS) is 15.8. The van der Waals surface area contributed by atoms with E-state index < -0.39 is 0 Å². The molecule has 2 aliphatic heterocycles. The van der Waals surface area contributed by atoms with Crippen molar-refractivity contribution in [2.45, 2.75) is 39.3 Å². The molecule has 0 saturated carbocycles. The van der Waals surface area contributed by atoms with Crippen LogP contribution in [0.15, 0.2) is 48.7 Å². The van der Waals surface area contributed by atoms with Crippen LogP contribution < -0.4 is 5.32 Å². The molecule has 1 saturated heterocycles. The zero-order valence-corrected chi connectivity index (χ0v) is 20.4. The second-order valence-electron chi connectivity index (χ2n) is 9.29. The molecule has 9 nitrogen and oxygen atoms in total. The highest BCUT2D eigenvalue weighted by atomic mass is 16.2. The fourth-order valence-electron chi connectivity index (χ4n) is 4.80. The number of aryl methyl sites for hydroxylation is 3. The number of hydrogen-bond donors (Lipinski definition) is 1. The van der Waals surface area contributed by atoms with Gasteiger partial charge in [0.15, 0.2) is 5.69 Å². The standard InChI is InChI=1S/C27H30N6O3/c1-19-7-8-21(17-29-19)26(35)32-13-10-23-22(18-32)25(27(36)31-14-11-24(34)28-12-16-31)30-33(23)15-9-20-5-3-2-4-6-20/h2-8,17H,9-16,18H2,1H3,(H,28,34). The molecule has 1 fully saturated rings. The van der Waals surface area contributed by atoms with Crippen LogP contribution in [0.25, 0.3) is 0 Å². The Morgan fingerprint density at radius 1 is 0.972 bits per heavy atom. The van der Waals surface area contributed by atoms with E-state index in [0.29, 0.717) is 56.9 Å². The molecule has 36 heavy (non-hydrogen) atoms. The van der Waals surface area contributed by atoms with Crippen LogP contribution in [0.2, 0.25) is 0 Å². The molecule has 3 aromatic rings. The molecule has 0 radical (unpaired) electrons. The van der Waals surface area contributed by atoms with Gasteiger partial charge in [-0.3, -0.25) is 24.0 Å². The van der Waals surface area contributed by atoms with E-state index in [0.717, 1.165) is 23.4 Å². The minimum Gasteiger partial charge on any atom is -0.354 e. The van der Waals surface area contributed by atoms with E-state index in [1.54, 1.807) is 22.1 Å². The highest BCUT2D eigenvalue weighted by molar-refractivity contribution is 5.96. The lowest BCUT2D eigenvalue weighted by Gasteiger charge is -2.28. The van der Waals surface area contributed by atoms with Gasteiger partial charge in [0.2, 0.25) is 5.91 Å². The van der Waals surface area contributed by atoms with Gasteiger partial charge >= 0.3 is 0 Å². The number of hydrogen-bond acceptors (Lipinski definition) is 5. The molecule has 2 aromatic heterocycles. The number of carbonyl (C=O) groups is 3. The Morgan fingerprint density at radius 3 is 2.56 bits per heavy atom. The summed E-state index contributed by atoms with van der Waals surface area (Å²) in [5.74, 6) is -0.343. The SMILES string of the molecule is Cc1ccc(C(=O)N2CCc3c(c(C(=O)N4CCNC(=O)CC4)nn3CCc3ccccc3)C2)cn1. The van der Waals surface area contributed by atoms with Crippen molar-refractivity contribution in [1.82, 2.24) is 29.9 Å². The van der Waals surface area contributed by atoms with Crippen LogP contribution in [0.3, 0.4) is 0 Å². The minimum atomic E-state index is -0.187. The van der Waals surface area contributed by atoms with Crippen molar-refractivity contribution < 1.29 is 14.4 Å². The number of nitrogens with zero attached hydrogens (tertiary/aromatic N) is 5. The monoisotopic (exact) mass is 486 g/mol. The molecule has 1 aromatic carbocycles. The maximum absolute atomic E-state index is 13.6. The van der Waals surface area contributed by atoms with Gasteiger partial charge in [-0.2, -0.15) is 5.10 Å². The summed E-state index contributed by atoms with van der Waals surface area (Å²) >= 11 is 0. The molecule has 3 amide bonds. The van der Waals surface area contributed by atoms with Crippen LogP contribution in [0.1, 0.15) is 49.8 Å². The molecule has 9 heteroatoms.